The van der Waals surface area contributed by atoms with Crippen LogP contribution in [0.3, 0.4) is 0 Å². The van der Waals surface area contributed by atoms with Gasteiger partial charge in [0.1, 0.15) is 0 Å². The van der Waals surface area contributed by atoms with Gasteiger partial charge in [-0.1, -0.05) is 13.3 Å². The SMILES string of the molecule is CCCC(N)CC(=O)NC1CC(OC)C1. The maximum absolute atomic E-state index is 11.5. The van der Waals surface area contributed by atoms with E-state index in [1.165, 1.54) is 0 Å². The van der Waals surface area contributed by atoms with Gasteiger partial charge in [-0.3, -0.25) is 4.79 Å². The van der Waals surface area contributed by atoms with Crippen molar-refractivity contribution in [1.82, 2.24) is 5.32 Å². The van der Waals surface area contributed by atoms with E-state index in [1.807, 2.05) is 0 Å². The number of amides is 1. The molecule has 1 atom stereocenters. The molecule has 0 aromatic carbocycles. The normalized spacial score (nSPS) is 26.9. The van der Waals surface area contributed by atoms with E-state index >= 15 is 0 Å². The van der Waals surface area contributed by atoms with Gasteiger partial charge in [0.15, 0.2) is 0 Å². The van der Waals surface area contributed by atoms with Crippen molar-refractivity contribution in [2.24, 2.45) is 5.73 Å². The molecule has 1 rings (SSSR count). The summed E-state index contributed by atoms with van der Waals surface area (Å²) in [5, 5.41) is 2.97. The maximum atomic E-state index is 11.5. The van der Waals surface area contributed by atoms with E-state index in [2.05, 4.69) is 12.2 Å². The molecule has 4 nitrogen and oxygen atoms in total. The van der Waals surface area contributed by atoms with Gasteiger partial charge in [0.05, 0.1) is 6.10 Å². The zero-order chi connectivity index (χ0) is 11.3. The Labute approximate surface area is 91.5 Å². The van der Waals surface area contributed by atoms with E-state index < -0.39 is 0 Å². The Balaban J connectivity index is 2.09. The molecule has 0 aromatic heterocycles. The monoisotopic (exact) mass is 214 g/mol. The molecule has 0 aromatic rings. The molecular weight excluding hydrogens is 192 g/mol. The van der Waals surface area contributed by atoms with Gasteiger partial charge in [0.25, 0.3) is 0 Å². The fourth-order valence-electron chi connectivity index (χ4n) is 1.87. The molecule has 15 heavy (non-hydrogen) atoms. The summed E-state index contributed by atoms with van der Waals surface area (Å²) in [6, 6.07) is 0.310. The highest BCUT2D eigenvalue weighted by atomic mass is 16.5. The minimum absolute atomic E-state index is 0.00768. The Morgan fingerprint density at radius 1 is 1.60 bits per heavy atom. The van der Waals surface area contributed by atoms with Crippen molar-refractivity contribution in [1.29, 1.82) is 0 Å². The highest BCUT2D eigenvalue weighted by Gasteiger charge is 2.30. The Hall–Kier alpha value is -0.610. The summed E-state index contributed by atoms with van der Waals surface area (Å²) in [7, 11) is 1.71. The van der Waals surface area contributed by atoms with Gasteiger partial charge in [-0.25, -0.2) is 0 Å². The number of methoxy groups -OCH3 is 1. The van der Waals surface area contributed by atoms with E-state index in [4.69, 9.17) is 10.5 Å². The summed E-state index contributed by atoms with van der Waals surface area (Å²) in [5.41, 5.74) is 5.79. The molecular formula is C11H22N2O2. The van der Waals surface area contributed by atoms with Crippen molar-refractivity contribution in [2.75, 3.05) is 7.11 Å². The number of carbonyl (C=O) groups excluding carboxylic acids is 1. The van der Waals surface area contributed by atoms with Crippen LogP contribution in [0.1, 0.15) is 39.0 Å². The van der Waals surface area contributed by atoms with E-state index in [0.717, 1.165) is 25.7 Å². The summed E-state index contributed by atoms with van der Waals surface area (Å²) in [4.78, 5) is 11.5. The minimum atomic E-state index is 0.00768. The molecule has 4 heteroatoms. The van der Waals surface area contributed by atoms with E-state index in [0.29, 0.717) is 18.6 Å². The first kappa shape index (κ1) is 12.5. The molecule has 0 spiro atoms. The van der Waals surface area contributed by atoms with Gasteiger partial charge in [-0.05, 0) is 19.3 Å². The fourth-order valence-corrected chi connectivity index (χ4v) is 1.87. The molecule has 0 heterocycles. The molecule has 1 amide bonds. The van der Waals surface area contributed by atoms with Crippen LogP contribution in [-0.4, -0.2) is 31.2 Å². The van der Waals surface area contributed by atoms with Crippen LogP contribution >= 0.6 is 0 Å². The van der Waals surface area contributed by atoms with Crippen LogP contribution in [-0.2, 0) is 9.53 Å². The first-order valence-corrected chi connectivity index (χ1v) is 5.73. The number of carbonyl (C=O) groups is 1. The average molecular weight is 214 g/mol. The molecule has 88 valence electrons. The Bertz CT molecular complexity index is 203. The summed E-state index contributed by atoms with van der Waals surface area (Å²) in [6.45, 7) is 2.08. The van der Waals surface area contributed by atoms with Gasteiger partial charge in [0, 0.05) is 25.6 Å². The molecule has 0 bridgehead atoms. The second-order valence-corrected chi connectivity index (χ2v) is 4.35. The number of nitrogens with two attached hydrogens (primary N) is 1. The summed E-state index contributed by atoms with van der Waals surface area (Å²) < 4.78 is 5.14. The zero-order valence-electron chi connectivity index (χ0n) is 9.66. The van der Waals surface area contributed by atoms with E-state index in [1.54, 1.807) is 7.11 Å². The number of hydrogen-bond donors (Lipinski definition) is 2. The lowest BCUT2D eigenvalue weighted by molar-refractivity contribution is -0.123. The molecule has 1 saturated carbocycles. The largest absolute Gasteiger partial charge is 0.381 e. The van der Waals surface area contributed by atoms with Crippen LogP contribution in [0.15, 0.2) is 0 Å². The predicted octanol–water partition coefficient (Wildman–Crippen LogP) is 0.797. The number of nitrogens with one attached hydrogen (secondary N) is 1. The second-order valence-electron chi connectivity index (χ2n) is 4.35. The first-order chi connectivity index (χ1) is 7.15. The maximum Gasteiger partial charge on any atom is 0.221 e. The van der Waals surface area contributed by atoms with Gasteiger partial charge >= 0.3 is 0 Å². The van der Waals surface area contributed by atoms with Crippen molar-refractivity contribution in [3.8, 4) is 0 Å². The molecule has 0 radical (unpaired) electrons. The molecule has 0 aliphatic heterocycles. The highest BCUT2D eigenvalue weighted by molar-refractivity contribution is 5.77. The van der Waals surface area contributed by atoms with Crippen molar-refractivity contribution in [3.63, 3.8) is 0 Å². The second kappa shape index (κ2) is 6.08. The third-order valence-electron chi connectivity index (χ3n) is 2.90. The molecule has 1 aliphatic rings. The minimum Gasteiger partial charge on any atom is -0.381 e. The third kappa shape index (κ3) is 4.18. The van der Waals surface area contributed by atoms with Crippen LogP contribution in [0.25, 0.3) is 0 Å². The molecule has 0 saturated heterocycles. The van der Waals surface area contributed by atoms with Crippen molar-refractivity contribution < 1.29 is 9.53 Å². The van der Waals surface area contributed by atoms with Gasteiger partial charge < -0.3 is 15.8 Å². The predicted molar refractivity (Wildman–Crippen MR) is 59.5 cm³/mol. The van der Waals surface area contributed by atoms with Gasteiger partial charge in [-0.2, -0.15) is 0 Å². The van der Waals surface area contributed by atoms with Crippen molar-refractivity contribution in [3.05, 3.63) is 0 Å². The lowest BCUT2D eigenvalue weighted by Crippen LogP contribution is -2.48. The summed E-state index contributed by atoms with van der Waals surface area (Å²) >= 11 is 0. The highest BCUT2D eigenvalue weighted by Crippen LogP contribution is 2.22. The summed E-state index contributed by atoms with van der Waals surface area (Å²) in [6.07, 6.45) is 4.60. The Morgan fingerprint density at radius 3 is 2.80 bits per heavy atom. The quantitative estimate of drug-likeness (QED) is 0.687. The van der Waals surface area contributed by atoms with Crippen LogP contribution < -0.4 is 11.1 Å². The molecule has 3 N–H and O–H groups in total. The van der Waals surface area contributed by atoms with Crippen LogP contribution in [0.4, 0.5) is 0 Å². The molecule has 1 aliphatic carbocycles. The molecule has 1 unspecified atom stereocenters. The smallest absolute Gasteiger partial charge is 0.221 e. The van der Waals surface area contributed by atoms with Gasteiger partial charge in [-0.15, -0.1) is 0 Å². The third-order valence-corrected chi connectivity index (χ3v) is 2.90. The van der Waals surface area contributed by atoms with Crippen LogP contribution in [0.2, 0.25) is 0 Å². The number of ether oxygens (including phenoxy) is 1. The Morgan fingerprint density at radius 2 is 2.27 bits per heavy atom. The first-order valence-electron chi connectivity index (χ1n) is 5.73. The number of rotatable bonds is 6. The lowest BCUT2D eigenvalue weighted by Gasteiger charge is -2.34. The zero-order valence-corrected chi connectivity index (χ0v) is 9.66. The van der Waals surface area contributed by atoms with Gasteiger partial charge in [0.2, 0.25) is 5.91 Å². The standard InChI is InChI=1S/C11H22N2O2/c1-3-4-8(12)5-11(14)13-9-6-10(7-9)15-2/h8-10H,3-7,12H2,1-2H3,(H,13,14). The Kier molecular flexibility index (Phi) is 5.05. The summed E-state index contributed by atoms with van der Waals surface area (Å²) in [5.74, 6) is 0.0792. The fraction of sp³-hybridized carbons (Fsp3) is 0.909. The lowest BCUT2D eigenvalue weighted by atomic mass is 9.89. The van der Waals surface area contributed by atoms with Crippen molar-refractivity contribution in [2.45, 2.75) is 57.2 Å². The van der Waals surface area contributed by atoms with Crippen molar-refractivity contribution >= 4 is 5.91 Å². The average Bonchev–Trinajstić information content (AvgIpc) is 2.10. The molecule has 1 fully saturated rings. The van der Waals surface area contributed by atoms with E-state index in [9.17, 15) is 4.79 Å². The van der Waals surface area contributed by atoms with Crippen LogP contribution in [0, 0.1) is 0 Å². The topological polar surface area (TPSA) is 64.4 Å². The van der Waals surface area contributed by atoms with E-state index in [-0.39, 0.29) is 11.9 Å². The number of hydrogen-bond acceptors (Lipinski definition) is 3. The van der Waals surface area contributed by atoms with Crippen LogP contribution in [0.5, 0.6) is 0 Å².